The summed E-state index contributed by atoms with van der Waals surface area (Å²) in [5, 5.41) is 4.91. The van der Waals surface area contributed by atoms with Gasteiger partial charge in [0.25, 0.3) is 5.91 Å². The van der Waals surface area contributed by atoms with E-state index in [1.807, 2.05) is 54.0 Å². The summed E-state index contributed by atoms with van der Waals surface area (Å²) in [5.74, 6) is 2.17. The molecule has 0 bridgehead atoms. The topological polar surface area (TPSA) is 81.9 Å². The Balaban J connectivity index is 1.41. The second kappa shape index (κ2) is 7.25. The molecule has 0 fully saturated rings. The number of fused-ring (bicyclic) bond motifs is 1. The second-order valence-corrected chi connectivity index (χ2v) is 5.95. The molecule has 4 aromatic rings. The highest BCUT2D eigenvalue weighted by Gasteiger charge is 2.08. The van der Waals surface area contributed by atoms with E-state index in [1.165, 1.54) is 6.33 Å². The van der Waals surface area contributed by atoms with E-state index in [2.05, 4.69) is 20.3 Å². The van der Waals surface area contributed by atoms with Crippen LogP contribution in [0.3, 0.4) is 0 Å². The van der Waals surface area contributed by atoms with Crippen LogP contribution in [0.5, 0.6) is 5.75 Å². The van der Waals surface area contributed by atoms with Gasteiger partial charge in [0, 0.05) is 18.5 Å². The number of nitrogens with one attached hydrogen (secondary N) is 1. The van der Waals surface area contributed by atoms with Crippen LogP contribution in [0.25, 0.3) is 16.6 Å². The van der Waals surface area contributed by atoms with Crippen LogP contribution >= 0.6 is 0 Å². The maximum Gasteiger partial charge on any atom is 0.263 e. The molecule has 4 rings (SSSR count). The molecule has 0 atom stereocenters. The van der Waals surface area contributed by atoms with Crippen molar-refractivity contribution >= 4 is 22.5 Å². The first-order chi connectivity index (χ1) is 13.2. The number of benzene rings is 2. The minimum absolute atomic E-state index is 0.109. The number of carbonyl (C=O) groups is 1. The molecule has 0 aliphatic heterocycles. The molecule has 0 spiro atoms. The highest BCUT2D eigenvalue weighted by molar-refractivity contribution is 5.91. The Morgan fingerprint density at radius 1 is 1.07 bits per heavy atom. The molecule has 2 aromatic heterocycles. The largest absolute Gasteiger partial charge is 0.484 e. The number of hydrogen-bond acceptors (Lipinski definition) is 5. The molecule has 0 radical (unpaired) electrons. The Morgan fingerprint density at radius 3 is 2.74 bits per heavy atom. The van der Waals surface area contributed by atoms with Gasteiger partial charge in [0.05, 0.1) is 0 Å². The van der Waals surface area contributed by atoms with Crippen LogP contribution in [0, 0.1) is 6.92 Å². The maximum atomic E-state index is 12.2. The van der Waals surface area contributed by atoms with E-state index in [0.29, 0.717) is 17.4 Å². The third-order valence-corrected chi connectivity index (χ3v) is 4.08. The lowest BCUT2D eigenvalue weighted by Crippen LogP contribution is -2.21. The number of nitrogens with zero attached hydrogens (tertiary/aromatic N) is 4. The molecule has 7 nitrogen and oxygen atoms in total. The van der Waals surface area contributed by atoms with Crippen molar-refractivity contribution in [3.05, 3.63) is 73.1 Å². The Kier molecular flexibility index (Phi) is 4.49. The zero-order valence-electron chi connectivity index (χ0n) is 14.7. The van der Waals surface area contributed by atoms with E-state index >= 15 is 0 Å². The van der Waals surface area contributed by atoms with Crippen molar-refractivity contribution in [1.82, 2.24) is 19.5 Å². The van der Waals surface area contributed by atoms with Crippen molar-refractivity contribution in [2.24, 2.45) is 0 Å². The van der Waals surface area contributed by atoms with Gasteiger partial charge in [-0.3, -0.25) is 9.36 Å². The third-order valence-electron chi connectivity index (χ3n) is 4.08. The van der Waals surface area contributed by atoms with Gasteiger partial charge in [0.15, 0.2) is 6.61 Å². The summed E-state index contributed by atoms with van der Waals surface area (Å²) in [5.41, 5.74) is 0. The molecule has 0 aliphatic carbocycles. The molecule has 27 heavy (non-hydrogen) atoms. The number of imidazole rings is 1. The van der Waals surface area contributed by atoms with E-state index in [-0.39, 0.29) is 12.5 Å². The molecule has 134 valence electrons. The average Bonchev–Trinajstić information content (AvgIpc) is 3.12. The van der Waals surface area contributed by atoms with Gasteiger partial charge in [-0.2, -0.15) is 0 Å². The predicted octanol–water partition coefficient (Wildman–Crippen LogP) is 3.14. The van der Waals surface area contributed by atoms with Gasteiger partial charge < -0.3 is 10.1 Å². The molecule has 1 amide bonds. The summed E-state index contributed by atoms with van der Waals surface area (Å²) < 4.78 is 7.41. The number of carbonyl (C=O) groups excluding carboxylic acids is 1. The molecule has 2 aromatic carbocycles. The number of hydrogen-bond donors (Lipinski definition) is 1. The van der Waals surface area contributed by atoms with E-state index in [1.54, 1.807) is 18.5 Å². The van der Waals surface area contributed by atoms with Gasteiger partial charge in [0.2, 0.25) is 0 Å². The van der Waals surface area contributed by atoms with Crippen LogP contribution in [0.1, 0.15) is 5.82 Å². The third kappa shape index (κ3) is 3.77. The Bertz CT molecular complexity index is 1110. The minimum Gasteiger partial charge on any atom is -0.484 e. The van der Waals surface area contributed by atoms with Gasteiger partial charge >= 0.3 is 0 Å². The van der Waals surface area contributed by atoms with Gasteiger partial charge in [0.1, 0.15) is 29.5 Å². The lowest BCUT2D eigenvalue weighted by Gasteiger charge is -2.09. The summed E-state index contributed by atoms with van der Waals surface area (Å²) in [6, 6.07) is 15.4. The molecule has 0 aliphatic rings. The van der Waals surface area contributed by atoms with E-state index in [9.17, 15) is 4.79 Å². The van der Waals surface area contributed by atoms with Crippen molar-refractivity contribution in [2.45, 2.75) is 6.92 Å². The molecule has 7 heteroatoms. The molecule has 0 unspecified atom stereocenters. The van der Waals surface area contributed by atoms with Crippen LogP contribution in [0.4, 0.5) is 5.82 Å². The summed E-state index contributed by atoms with van der Waals surface area (Å²) in [4.78, 5) is 24.6. The van der Waals surface area contributed by atoms with Crippen molar-refractivity contribution in [2.75, 3.05) is 11.9 Å². The SMILES string of the molecule is Cc1nccn1-c1cc(NC(=O)COc2ccc3ccccc3c2)ncn1. The minimum atomic E-state index is -0.296. The number of anilines is 1. The highest BCUT2D eigenvalue weighted by atomic mass is 16.5. The number of aromatic nitrogens is 4. The highest BCUT2D eigenvalue weighted by Crippen LogP contribution is 2.20. The fourth-order valence-corrected chi connectivity index (χ4v) is 2.75. The van der Waals surface area contributed by atoms with Gasteiger partial charge in [-0.15, -0.1) is 0 Å². The smallest absolute Gasteiger partial charge is 0.263 e. The van der Waals surface area contributed by atoms with Crippen LogP contribution in [-0.2, 0) is 4.79 Å². The van der Waals surface area contributed by atoms with Gasteiger partial charge in [-0.25, -0.2) is 15.0 Å². The van der Waals surface area contributed by atoms with Crippen molar-refractivity contribution in [1.29, 1.82) is 0 Å². The summed E-state index contributed by atoms with van der Waals surface area (Å²) in [7, 11) is 0. The molecular formula is C20H17N5O2. The monoisotopic (exact) mass is 359 g/mol. The quantitative estimate of drug-likeness (QED) is 0.592. The van der Waals surface area contributed by atoms with Crippen molar-refractivity contribution in [3.8, 4) is 11.6 Å². The summed E-state index contributed by atoms with van der Waals surface area (Å²) >= 11 is 0. The Hall–Kier alpha value is -3.74. The van der Waals surface area contributed by atoms with Crippen LogP contribution in [0.15, 0.2) is 67.3 Å². The molecular weight excluding hydrogens is 342 g/mol. The summed E-state index contributed by atoms with van der Waals surface area (Å²) in [6.07, 6.45) is 4.88. The van der Waals surface area contributed by atoms with E-state index in [0.717, 1.165) is 16.6 Å². The zero-order valence-corrected chi connectivity index (χ0v) is 14.7. The number of aryl methyl sites for hydroxylation is 1. The van der Waals surface area contributed by atoms with Crippen molar-refractivity contribution in [3.63, 3.8) is 0 Å². The lowest BCUT2D eigenvalue weighted by molar-refractivity contribution is -0.118. The average molecular weight is 359 g/mol. The first kappa shape index (κ1) is 16.7. The van der Waals surface area contributed by atoms with Crippen LogP contribution in [0.2, 0.25) is 0 Å². The normalized spacial score (nSPS) is 10.7. The maximum absolute atomic E-state index is 12.2. The number of amides is 1. The summed E-state index contributed by atoms with van der Waals surface area (Å²) in [6.45, 7) is 1.76. The van der Waals surface area contributed by atoms with Crippen LogP contribution in [-0.4, -0.2) is 32.0 Å². The Morgan fingerprint density at radius 2 is 1.93 bits per heavy atom. The molecule has 0 saturated carbocycles. The fraction of sp³-hybridized carbons (Fsp3) is 0.100. The van der Waals surface area contributed by atoms with E-state index < -0.39 is 0 Å². The molecule has 0 saturated heterocycles. The van der Waals surface area contributed by atoms with E-state index in [4.69, 9.17) is 4.74 Å². The molecule has 2 heterocycles. The van der Waals surface area contributed by atoms with Gasteiger partial charge in [-0.1, -0.05) is 30.3 Å². The standard InChI is InChI=1S/C20H17N5O2/c1-14-21-8-9-25(14)19-11-18(22-13-23-19)24-20(26)12-27-17-7-6-15-4-2-3-5-16(15)10-17/h2-11,13H,12H2,1H3,(H,22,23,24,26). The zero-order chi connectivity index (χ0) is 18.6. The second-order valence-electron chi connectivity index (χ2n) is 5.95. The first-order valence-corrected chi connectivity index (χ1v) is 8.43. The first-order valence-electron chi connectivity index (χ1n) is 8.43. The number of ether oxygens (including phenoxy) is 1. The van der Waals surface area contributed by atoms with Gasteiger partial charge in [-0.05, 0) is 29.8 Å². The van der Waals surface area contributed by atoms with Crippen LogP contribution < -0.4 is 10.1 Å². The Labute approximate surface area is 155 Å². The fourth-order valence-electron chi connectivity index (χ4n) is 2.75. The number of rotatable bonds is 5. The van der Waals surface area contributed by atoms with Crippen molar-refractivity contribution < 1.29 is 9.53 Å². The predicted molar refractivity (Wildman–Crippen MR) is 102 cm³/mol. The molecule has 1 N–H and O–H groups in total. The lowest BCUT2D eigenvalue weighted by atomic mass is 10.1.